The Balaban J connectivity index is 1.34. The maximum absolute atomic E-state index is 11.0. The molecule has 0 bridgehead atoms. The quantitative estimate of drug-likeness (QED) is 0.491. The van der Waals surface area contributed by atoms with Gasteiger partial charge in [-0.05, 0) is 73.9 Å². The van der Waals surface area contributed by atoms with E-state index < -0.39 is 0 Å². The molecule has 2 heteroatoms. The number of hydrogen-bond acceptors (Lipinski definition) is 2. The highest BCUT2D eigenvalue weighted by atomic mass is 16.1. The SMILES string of the molecule is O=C[C]1[CH][CH][CH][C]1/C=C/c1ccc(C#Cc2ccc(/C=C/[C]3[CH][CH][CH][C]3C=O)cc2)cc1. The van der Waals surface area contributed by atoms with Crippen molar-refractivity contribution >= 4 is 24.7 Å². The molecule has 0 spiro atoms. The number of allylic oxidation sites excluding steroid dienone is 2. The largest absolute Gasteiger partial charge is 0.303 e. The fraction of sp³-hybridized carbons (Fsp3) is 0. The molecule has 2 aliphatic rings. The van der Waals surface area contributed by atoms with Gasteiger partial charge in [-0.2, -0.15) is 0 Å². The fourth-order valence-electron chi connectivity index (χ4n) is 3.29. The molecule has 2 saturated carbocycles. The minimum atomic E-state index is 0.696. The number of benzene rings is 2. The summed E-state index contributed by atoms with van der Waals surface area (Å²) in [5.74, 6) is 9.60. The summed E-state index contributed by atoms with van der Waals surface area (Å²) in [5.41, 5.74) is 3.97. The molecule has 0 amide bonds. The Kier molecular flexibility index (Phi) is 7.51. The van der Waals surface area contributed by atoms with Crippen molar-refractivity contribution in [2.75, 3.05) is 0 Å². The normalized spacial score (nSPS) is 18.4. The molecule has 2 nitrogen and oxygen atoms in total. The second-order valence-corrected chi connectivity index (χ2v) is 7.27. The summed E-state index contributed by atoms with van der Waals surface area (Å²) < 4.78 is 0. The molecule has 10 radical (unpaired) electrons. The van der Waals surface area contributed by atoms with Gasteiger partial charge < -0.3 is 9.59 Å². The van der Waals surface area contributed by atoms with Crippen LogP contribution in [0.2, 0.25) is 0 Å². The lowest BCUT2D eigenvalue weighted by Crippen LogP contribution is -2.01. The molecular weight excluding hydrogens is 392 g/mol. The van der Waals surface area contributed by atoms with Crippen LogP contribution >= 0.6 is 0 Å². The molecule has 0 heterocycles. The smallest absolute Gasteiger partial charge is 0.128 e. The van der Waals surface area contributed by atoms with Crippen molar-refractivity contribution in [3.05, 3.63) is 145 Å². The monoisotopic (exact) mass is 412 g/mol. The first-order valence-electron chi connectivity index (χ1n) is 10.3. The summed E-state index contributed by atoms with van der Waals surface area (Å²) in [6.07, 6.45) is 20.8. The highest BCUT2D eigenvalue weighted by molar-refractivity contribution is 5.84. The van der Waals surface area contributed by atoms with Gasteiger partial charge in [0.2, 0.25) is 0 Å². The van der Waals surface area contributed by atoms with Crippen LogP contribution in [0.15, 0.2) is 60.7 Å². The van der Waals surface area contributed by atoms with Crippen molar-refractivity contribution in [3.8, 4) is 11.8 Å². The first kappa shape index (κ1) is 22.0. The maximum Gasteiger partial charge on any atom is 0.128 e. The standard InChI is InChI=1S/C30H20O2/c31-21-29-5-1-3-27(29)19-17-25-13-9-23(10-14-25)7-8-24-11-15-26(16-12-24)18-20-28-4-2-6-30(28)22-32/h1-6,9-22H/b19-17+,20-18+. The molecule has 2 fully saturated rings. The van der Waals surface area contributed by atoms with Crippen LogP contribution < -0.4 is 0 Å². The first-order valence-corrected chi connectivity index (χ1v) is 10.3. The van der Waals surface area contributed by atoms with Gasteiger partial charge >= 0.3 is 0 Å². The van der Waals surface area contributed by atoms with E-state index >= 15 is 0 Å². The molecule has 4 rings (SSSR count). The number of aldehydes is 2. The molecule has 0 aromatic heterocycles. The molecule has 0 unspecified atom stereocenters. The van der Waals surface area contributed by atoms with Gasteiger partial charge in [-0.15, -0.1) is 0 Å². The van der Waals surface area contributed by atoms with Gasteiger partial charge in [-0.25, -0.2) is 0 Å². The van der Waals surface area contributed by atoms with Crippen LogP contribution in [0.25, 0.3) is 12.2 Å². The van der Waals surface area contributed by atoms with Gasteiger partial charge in [-0.3, -0.25) is 0 Å². The zero-order chi connectivity index (χ0) is 22.2. The van der Waals surface area contributed by atoms with Crippen LogP contribution in [0.4, 0.5) is 0 Å². The van der Waals surface area contributed by atoms with E-state index in [9.17, 15) is 9.59 Å². The molecule has 2 aliphatic carbocycles. The van der Waals surface area contributed by atoms with E-state index in [0.717, 1.165) is 46.7 Å². The van der Waals surface area contributed by atoms with Crippen LogP contribution in [0.3, 0.4) is 0 Å². The number of hydrogen-bond donors (Lipinski definition) is 0. The first-order chi connectivity index (χ1) is 15.7. The van der Waals surface area contributed by atoms with Gasteiger partial charge in [0.1, 0.15) is 12.6 Å². The van der Waals surface area contributed by atoms with E-state index in [2.05, 4.69) is 11.8 Å². The Morgan fingerprint density at radius 3 is 1.22 bits per heavy atom. The van der Waals surface area contributed by atoms with Crippen molar-refractivity contribution in [2.45, 2.75) is 0 Å². The molecule has 0 aliphatic heterocycles. The molecule has 152 valence electrons. The number of carbonyl (C=O) groups is 2. The predicted molar refractivity (Wildman–Crippen MR) is 128 cm³/mol. The summed E-state index contributed by atoms with van der Waals surface area (Å²) in [4.78, 5) is 22.0. The summed E-state index contributed by atoms with van der Waals surface area (Å²) in [7, 11) is 0. The average Bonchev–Trinajstić information content (AvgIpc) is 3.50. The van der Waals surface area contributed by atoms with Crippen molar-refractivity contribution < 1.29 is 9.59 Å². The van der Waals surface area contributed by atoms with Crippen LogP contribution in [0, 0.1) is 74.0 Å². The number of carbonyl (C=O) groups excluding carboxylic acids is 2. The van der Waals surface area contributed by atoms with E-state index in [1.165, 1.54) is 0 Å². The highest BCUT2D eigenvalue weighted by Gasteiger charge is 2.27. The highest BCUT2D eigenvalue weighted by Crippen LogP contribution is 2.33. The van der Waals surface area contributed by atoms with Crippen molar-refractivity contribution in [3.63, 3.8) is 0 Å². The van der Waals surface area contributed by atoms with Gasteiger partial charge in [-0.1, -0.05) is 60.4 Å². The Bertz CT molecular complexity index is 947. The molecular formula is C30H20O2. The second-order valence-electron chi connectivity index (χ2n) is 7.27. The molecule has 32 heavy (non-hydrogen) atoms. The third kappa shape index (κ3) is 5.74. The van der Waals surface area contributed by atoms with Crippen LogP contribution in [-0.2, 0) is 9.59 Å². The fourth-order valence-corrected chi connectivity index (χ4v) is 3.29. The topological polar surface area (TPSA) is 34.1 Å². The average molecular weight is 412 g/mol. The maximum atomic E-state index is 11.0. The van der Waals surface area contributed by atoms with E-state index in [1.807, 2.05) is 98.5 Å². The van der Waals surface area contributed by atoms with Gasteiger partial charge in [0.15, 0.2) is 0 Å². The Morgan fingerprint density at radius 1 is 0.469 bits per heavy atom. The molecule has 2 aromatic carbocycles. The van der Waals surface area contributed by atoms with E-state index in [0.29, 0.717) is 11.8 Å². The molecule has 0 saturated heterocycles. The summed E-state index contributed by atoms with van der Waals surface area (Å²) in [6, 6.07) is 16.0. The zero-order valence-electron chi connectivity index (χ0n) is 17.4. The molecule has 2 aromatic rings. The number of rotatable bonds is 6. The van der Waals surface area contributed by atoms with Crippen molar-refractivity contribution in [2.24, 2.45) is 0 Å². The Labute approximate surface area is 191 Å². The van der Waals surface area contributed by atoms with Gasteiger partial charge in [0.25, 0.3) is 0 Å². The van der Waals surface area contributed by atoms with Gasteiger partial charge in [0.05, 0.1) is 11.8 Å². The Morgan fingerprint density at radius 2 is 0.844 bits per heavy atom. The van der Waals surface area contributed by atoms with E-state index in [1.54, 1.807) is 12.8 Å². The van der Waals surface area contributed by atoms with E-state index in [-0.39, 0.29) is 0 Å². The lowest BCUT2D eigenvalue weighted by molar-refractivity contribution is -0.106. The lowest BCUT2D eigenvalue weighted by atomic mass is 9.96. The van der Waals surface area contributed by atoms with Crippen molar-refractivity contribution in [1.29, 1.82) is 0 Å². The van der Waals surface area contributed by atoms with Gasteiger partial charge in [0, 0.05) is 23.0 Å². The van der Waals surface area contributed by atoms with Crippen molar-refractivity contribution in [1.82, 2.24) is 0 Å². The third-order valence-corrected chi connectivity index (χ3v) is 5.11. The molecule has 0 atom stereocenters. The second kappa shape index (κ2) is 10.9. The summed E-state index contributed by atoms with van der Waals surface area (Å²) >= 11 is 0. The van der Waals surface area contributed by atoms with Crippen LogP contribution in [0.5, 0.6) is 0 Å². The third-order valence-electron chi connectivity index (χ3n) is 5.11. The minimum Gasteiger partial charge on any atom is -0.303 e. The van der Waals surface area contributed by atoms with E-state index in [4.69, 9.17) is 0 Å². The summed E-state index contributed by atoms with van der Waals surface area (Å²) in [6.45, 7) is 0. The summed E-state index contributed by atoms with van der Waals surface area (Å²) in [5, 5.41) is 0. The Hall–Kier alpha value is -3.18. The zero-order valence-corrected chi connectivity index (χ0v) is 17.4. The molecule has 0 N–H and O–H groups in total. The lowest BCUT2D eigenvalue weighted by Gasteiger charge is -2.06. The minimum absolute atomic E-state index is 0.696. The van der Waals surface area contributed by atoms with Crippen LogP contribution in [-0.4, -0.2) is 12.6 Å². The predicted octanol–water partition coefficient (Wildman–Crippen LogP) is 5.06. The van der Waals surface area contributed by atoms with Crippen LogP contribution in [0.1, 0.15) is 22.3 Å².